The van der Waals surface area contributed by atoms with E-state index in [2.05, 4.69) is 14.8 Å². The number of benzene rings is 1. The molecule has 1 aromatic carbocycles. The molecule has 142 valence electrons. The third-order valence-electron chi connectivity index (χ3n) is 3.38. The van der Waals surface area contributed by atoms with Crippen molar-refractivity contribution in [2.75, 3.05) is 32.1 Å². The summed E-state index contributed by atoms with van der Waals surface area (Å²) in [5, 5.41) is 11.3. The molecule has 11 heteroatoms. The third-order valence-corrected chi connectivity index (χ3v) is 3.68. The van der Waals surface area contributed by atoms with Crippen LogP contribution in [0.5, 0.6) is 5.75 Å². The van der Waals surface area contributed by atoms with Crippen LogP contribution in [0.2, 0.25) is 5.02 Å². The van der Waals surface area contributed by atoms with Crippen LogP contribution in [0.25, 0.3) is 0 Å². The van der Waals surface area contributed by atoms with Gasteiger partial charge in [-0.1, -0.05) is 11.6 Å². The largest absolute Gasteiger partial charge is 0.573 e. The van der Waals surface area contributed by atoms with Crippen LogP contribution in [-0.2, 0) is 14.3 Å². The lowest BCUT2D eigenvalue weighted by atomic mass is 10.2. The van der Waals surface area contributed by atoms with Crippen LogP contribution in [0.4, 0.5) is 18.9 Å². The van der Waals surface area contributed by atoms with Crippen LogP contribution < -0.4 is 10.1 Å². The molecule has 0 aliphatic carbocycles. The van der Waals surface area contributed by atoms with Gasteiger partial charge in [0.1, 0.15) is 11.4 Å². The summed E-state index contributed by atoms with van der Waals surface area (Å²) >= 11 is 5.76. The number of ether oxygens (including phenoxy) is 2. The number of β-amino-alcohol motifs (C(OH)–C–C–N with tert-alkyl or cyclic N) is 1. The fourth-order valence-electron chi connectivity index (χ4n) is 2.28. The number of hydrogen-bond acceptors (Lipinski definition) is 6. The maximum Gasteiger partial charge on any atom is 0.573 e. The molecule has 1 aliphatic rings. The molecule has 2 N–H and O–H groups in total. The molecule has 2 rings (SSSR count). The molecule has 0 atom stereocenters. The summed E-state index contributed by atoms with van der Waals surface area (Å²) in [6, 6.07) is 3.30. The van der Waals surface area contributed by atoms with Gasteiger partial charge in [0.2, 0.25) is 0 Å². The van der Waals surface area contributed by atoms with Gasteiger partial charge in [-0.25, -0.2) is 4.79 Å². The minimum absolute atomic E-state index is 0.00360. The molecular formula is C15H14ClF3N2O5. The Bertz CT molecular complexity index is 751. The predicted molar refractivity (Wildman–Crippen MR) is 84.5 cm³/mol. The van der Waals surface area contributed by atoms with Gasteiger partial charge in [-0.3, -0.25) is 4.79 Å². The zero-order chi connectivity index (χ0) is 19.5. The normalized spacial score (nSPS) is 14.7. The van der Waals surface area contributed by atoms with Crippen LogP contribution in [-0.4, -0.2) is 55.1 Å². The predicted octanol–water partition coefficient (Wildman–Crippen LogP) is 1.91. The molecule has 7 nitrogen and oxygen atoms in total. The van der Waals surface area contributed by atoms with Gasteiger partial charge in [-0.2, -0.15) is 0 Å². The van der Waals surface area contributed by atoms with E-state index in [-0.39, 0.29) is 41.7 Å². The number of rotatable bonds is 6. The molecule has 0 saturated heterocycles. The Morgan fingerprint density at radius 1 is 1.42 bits per heavy atom. The first-order valence-corrected chi connectivity index (χ1v) is 7.58. The molecule has 0 bridgehead atoms. The number of halogens is 4. The Labute approximate surface area is 150 Å². The average Bonchev–Trinajstić information content (AvgIpc) is 2.85. The third kappa shape index (κ3) is 4.58. The second-order valence-electron chi connectivity index (χ2n) is 5.11. The van der Waals surface area contributed by atoms with E-state index in [0.29, 0.717) is 0 Å². The molecule has 0 unspecified atom stereocenters. The Balaban J connectivity index is 2.28. The van der Waals surface area contributed by atoms with E-state index in [4.69, 9.17) is 16.7 Å². The Morgan fingerprint density at radius 3 is 2.65 bits per heavy atom. The van der Waals surface area contributed by atoms with E-state index in [1.54, 1.807) is 0 Å². The second kappa shape index (κ2) is 7.83. The van der Waals surface area contributed by atoms with Crippen molar-refractivity contribution in [3.05, 3.63) is 34.5 Å². The summed E-state index contributed by atoms with van der Waals surface area (Å²) in [6.07, 6.45) is -4.90. The quantitative estimate of drug-likeness (QED) is 0.717. The molecule has 0 radical (unpaired) electrons. The number of aliphatic hydroxyl groups is 1. The highest BCUT2D eigenvalue weighted by Gasteiger charge is 2.35. The number of amides is 1. The van der Waals surface area contributed by atoms with Crippen molar-refractivity contribution in [2.24, 2.45) is 0 Å². The van der Waals surface area contributed by atoms with Crippen molar-refractivity contribution in [2.45, 2.75) is 6.36 Å². The summed E-state index contributed by atoms with van der Waals surface area (Å²) in [5.74, 6) is -1.91. The summed E-state index contributed by atoms with van der Waals surface area (Å²) in [6.45, 7) is -0.371. The molecule has 26 heavy (non-hydrogen) atoms. The van der Waals surface area contributed by atoms with E-state index >= 15 is 0 Å². The van der Waals surface area contributed by atoms with E-state index in [1.165, 1.54) is 11.0 Å². The Hall–Kier alpha value is -2.46. The number of carbonyl (C=O) groups excluding carboxylic acids is 2. The number of nitrogens with one attached hydrogen (secondary N) is 1. The lowest BCUT2D eigenvalue weighted by molar-refractivity contribution is -0.274. The van der Waals surface area contributed by atoms with E-state index in [0.717, 1.165) is 19.2 Å². The van der Waals surface area contributed by atoms with Gasteiger partial charge in [-0.15, -0.1) is 13.2 Å². The molecular weight excluding hydrogens is 381 g/mol. The topological polar surface area (TPSA) is 88.1 Å². The minimum Gasteiger partial charge on any atom is -0.466 e. The lowest BCUT2D eigenvalue weighted by Crippen LogP contribution is -2.31. The van der Waals surface area contributed by atoms with Gasteiger partial charge < -0.3 is 24.8 Å². The monoisotopic (exact) mass is 394 g/mol. The van der Waals surface area contributed by atoms with Gasteiger partial charge in [0, 0.05) is 12.2 Å². The number of esters is 1. The van der Waals surface area contributed by atoms with Gasteiger partial charge in [0.05, 0.1) is 30.9 Å². The maximum absolute atomic E-state index is 12.4. The van der Waals surface area contributed by atoms with E-state index in [1.807, 2.05) is 0 Å². The highest BCUT2D eigenvalue weighted by molar-refractivity contribution is 6.32. The van der Waals surface area contributed by atoms with Gasteiger partial charge in [-0.05, 0) is 18.2 Å². The molecule has 0 saturated carbocycles. The number of methoxy groups -OCH3 is 1. The first-order valence-electron chi connectivity index (χ1n) is 7.20. The van der Waals surface area contributed by atoms with Gasteiger partial charge >= 0.3 is 12.3 Å². The molecule has 0 fully saturated rings. The van der Waals surface area contributed by atoms with E-state index in [9.17, 15) is 22.8 Å². The Kier molecular flexibility index (Phi) is 5.98. The molecule has 0 aromatic heterocycles. The standard InChI is InChI=1S/C15H14ClF3N2O5/c1-25-14(24)9-7-21(4-5-22)13(23)12(9)20-8-2-3-11(10(16)6-8)26-15(17,18)19/h2-3,6,20,22H,4-5,7H2,1H3. The highest BCUT2D eigenvalue weighted by Crippen LogP contribution is 2.33. The van der Waals surface area contributed by atoms with Crippen molar-refractivity contribution in [1.82, 2.24) is 4.90 Å². The van der Waals surface area contributed by atoms with Crippen LogP contribution in [0.15, 0.2) is 29.5 Å². The van der Waals surface area contributed by atoms with Crippen LogP contribution in [0.3, 0.4) is 0 Å². The number of anilines is 1. The molecule has 1 aromatic rings. The molecule has 0 spiro atoms. The first kappa shape index (κ1) is 19.9. The number of aliphatic hydroxyl groups excluding tert-OH is 1. The minimum atomic E-state index is -4.90. The lowest BCUT2D eigenvalue weighted by Gasteiger charge is -2.15. The SMILES string of the molecule is COC(=O)C1=C(Nc2ccc(OC(F)(F)F)c(Cl)c2)C(=O)N(CCO)C1. The summed E-state index contributed by atoms with van der Waals surface area (Å²) < 4.78 is 45.2. The van der Waals surface area contributed by atoms with Crippen molar-refractivity contribution in [3.8, 4) is 5.75 Å². The highest BCUT2D eigenvalue weighted by atomic mass is 35.5. The zero-order valence-corrected chi connectivity index (χ0v) is 14.1. The van der Waals surface area contributed by atoms with Crippen molar-refractivity contribution >= 4 is 29.2 Å². The van der Waals surface area contributed by atoms with Crippen LogP contribution >= 0.6 is 11.6 Å². The van der Waals surface area contributed by atoms with Crippen LogP contribution in [0.1, 0.15) is 0 Å². The van der Waals surface area contributed by atoms with Crippen molar-refractivity contribution in [1.29, 1.82) is 0 Å². The van der Waals surface area contributed by atoms with Crippen molar-refractivity contribution < 1.29 is 37.3 Å². The van der Waals surface area contributed by atoms with Crippen LogP contribution in [0, 0.1) is 0 Å². The zero-order valence-electron chi connectivity index (χ0n) is 13.4. The fraction of sp³-hybridized carbons (Fsp3) is 0.333. The van der Waals surface area contributed by atoms with Gasteiger partial charge in [0.15, 0.2) is 0 Å². The van der Waals surface area contributed by atoms with Crippen molar-refractivity contribution in [3.63, 3.8) is 0 Å². The maximum atomic E-state index is 12.4. The first-order chi connectivity index (χ1) is 12.2. The number of hydrogen-bond donors (Lipinski definition) is 2. The summed E-state index contributed by atoms with van der Waals surface area (Å²) in [5.41, 5.74) is 0.0867. The molecule has 1 heterocycles. The Morgan fingerprint density at radius 2 is 2.12 bits per heavy atom. The smallest absolute Gasteiger partial charge is 0.466 e. The summed E-state index contributed by atoms with van der Waals surface area (Å²) in [7, 11) is 1.15. The number of alkyl halides is 3. The average molecular weight is 395 g/mol. The molecule has 1 aliphatic heterocycles. The molecule has 1 amide bonds. The number of nitrogens with zero attached hydrogens (tertiary/aromatic N) is 1. The van der Waals surface area contributed by atoms with Gasteiger partial charge in [0.25, 0.3) is 5.91 Å². The van der Waals surface area contributed by atoms with E-state index < -0.39 is 24.0 Å². The number of carbonyl (C=O) groups is 2. The summed E-state index contributed by atoms with van der Waals surface area (Å²) in [4.78, 5) is 25.4. The second-order valence-corrected chi connectivity index (χ2v) is 5.52. The fourth-order valence-corrected chi connectivity index (χ4v) is 2.50.